The summed E-state index contributed by atoms with van der Waals surface area (Å²) in [5.74, 6) is -1.70. The molecule has 0 radical (unpaired) electrons. The summed E-state index contributed by atoms with van der Waals surface area (Å²) in [4.78, 5) is 21.3. The van der Waals surface area contributed by atoms with Crippen LogP contribution in [0.5, 0.6) is 5.75 Å². The van der Waals surface area contributed by atoms with E-state index in [1.807, 2.05) is 0 Å². The van der Waals surface area contributed by atoms with Gasteiger partial charge < -0.3 is 9.47 Å². The molecule has 0 aromatic heterocycles. The second-order valence-electron chi connectivity index (χ2n) is 4.88. The molecule has 1 aromatic carbocycles. The fourth-order valence-corrected chi connectivity index (χ4v) is 1.44. The van der Waals surface area contributed by atoms with Crippen molar-refractivity contribution in [1.82, 2.24) is 0 Å². The number of nitrogens with one attached hydrogen (secondary N) is 1. The van der Waals surface area contributed by atoms with Gasteiger partial charge in [0.2, 0.25) is 5.82 Å². The predicted molar refractivity (Wildman–Crippen MR) is 74.4 cm³/mol. The lowest BCUT2D eigenvalue weighted by atomic mass is 10.2. The van der Waals surface area contributed by atoms with Crippen LogP contribution in [0, 0.1) is 21.8 Å². The Bertz CT molecular complexity index is 581. The van der Waals surface area contributed by atoms with Gasteiger partial charge >= 0.3 is 11.8 Å². The van der Waals surface area contributed by atoms with E-state index in [9.17, 15) is 28.1 Å². The molecule has 1 N–H and O–H groups in total. The van der Waals surface area contributed by atoms with E-state index in [4.69, 9.17) is 4.74 Å². The first-order valence-electron chi connectivity index (χ1n) is 6.53. The van der Waals surface area contributed by atoms with E-state index in [0.717, 1.165) is 0 Å². The van der Waals surface area contributed by atoms with Gasteiger partial charge in [-0.05, 0) is 5.92 Å². The SMILES string of the molecule is CC(C)COC(=O)Nc1cc([N+](=O)[O-])c(F)cc1OCC(F)F. The third-order valence-electron chi connectivity index (χ3n) is 2.40. The molecule has 0 aliphatic heterocycles. The van der Waals surface area contributed by atoms with E-state index in [0.29, 0.717) is 12.1 Å². The minimum Gasteiger partial charge on any atom is -0.485 e. The van der Waals surface area contributed by atoms with E-state index < -0.39 is 41.3 Å². The van der Waals surface area contributed by atoms with Gasteiger partial charge in [0.1, 0.15) is 12.4 Å². The molecule has 10 heteroatoms. The molecule has 128 valence electrons. The van der Waals surface area contributed by atoms with Crippen molar-refractivity contribution in [3.63, 3.8) is 0 Å². The van der Waals surface area contributed by atoms with Crippen molar-refractivity contribution in [2.75, 3.05) is 18.5 Å². The second-order valence-corrected chi connectivity index (χ2v) is 4.88. The Labute approximate surface area is 129 Å². The number of rotatable bonds is 7. The lowest BCUT2D eigenvalue weighted by Gasteiger charge is -2.13. The van der Waals surface area contributed by atoms with Gasteiger partial charge in [-0.3, -0.25) is 15.4 Å². The zero-order valence-electron chi connectivity index (χ0n) is 12.3. The van der Waals surface area contributed by atoms with Crippen LogP contribution in [0.1, 0.15) is 13.8 Å². The van der Waals surface area contributed by atoms with Crippen LogP contribution in [0.4, 0.5) is 29.3 Å². The number of carbonyl (C=O) groups excluding carboxylic acids is 1. The van der Waals surface area contributed by atoms with Crippen molar-refractivity contribution in [2.45, 2.75) is 20.3 Å². The summed E-state index contributed by atoms with van der Waals surface area (Å²) >= 11 is 0. The number of hydrogen-bond donors (Lipinski definition) is 1. The van der Waals surface area contributed by atoms with Crippen LogP contribution in [0.3, 0.4) is 0 Å². The molecular formula is C13H15F3N2O5. The molecule has 0 unspecified atom stereocenters. The lowest BCUT2D eigenvalue weighted by Crippen LogP contribution is -2.18. The van der Waals surface area contributed by atoms with Gasteiger partial charge in [-0.15, -0.1) is 0 Å². The van der Waals surface area contributed by atoms with Crippen molar-refractivity contribution in [2.24, 2.45) is 5.92 Å². The Morgan fingerprint density at radius 3 is 2.52 bits per heavy atom. The number of amides is 1. The van der Waals surface area contributed by atoms with Crippen molar-refractivity contribution in [1.29, 1.82) is 0 Å². The Kier molecular flexibility index (Phi) is 6.61. The third kappa shape index (κ3) is 6.01. The molecule has 0 saturated carbocycles. The molecule has 1 amide bonds. The minimum atomic E-state index is -2.84. The number of ether oxygens (including phenoxy) is 2. The first-order chi connectivity index (χ1) is 10.7. The van der Waals surface area contributed by atoms with Crippen molar-refractivity contribution in [3.05, 3.63) is 28.1 Å². The van der Waals surface area contributed by atoms with Crippen LogP contribution in [0.15, 0.2) is 12.1 Å². The number of carbonyl (C=O) groups is 1. The number of nitrogens with zero attached hydrogens (tertiary/aromatic N) is 1. The number of halogens is 3. The third-order valence-corrected chi connectivity index (χ3v) is 2.40. The van der Waals surface area contributed by atoms with E-state index in [1.54, 1.807) is 13.8 Å². The summed E-state index contributed by atoms with van der Waals surface area (Å²) in [6, 6.07) is 1.23. The number of alkyl halides is 2. The Balaban J connectivity index is 3.01. The molecule has 1 aromatic rings. The molecule has 1 rings (SSSR count). The molecule has 0 spiro atoms. The first-order valence-corrected chi connectivity index (χ1v) is 6.53. The maximum Gasteiger partial charge on any atom is 0.411 e. The van der Waals surface area contributed by atoms with Gasteiger partial charge in [0, 0.05) is 12.1 Å². The van der Waals surface area contributed by atoms with Crippen LogP contribution in [0.2, 0.25) is 0 Å². The van der Waals surface area contributed by atoms with Crippen molar-refractivity contribution in [3.8, 4) is 5.75 Å². The highest BCUT2D eigenvalue weighted by molar-refractivity contribution is 5.87. The lowest BCUT2D eigenvalue weighted by molar-refractivity contribution is -0.387. The molecule has 23 heavy (non-hydrogen) atoms. The fraction of sp³-hybridized carbons (Fsp3) is 0.462. The predicted octanol–water partition coefficient (Wildman–Crippen LogP) is 3.58. The van der Waals surface area contributed by atoms with Crippen LogP contribution in [0.25, 0.3) is 0 Å². The smallest absolute Gasteiger partial charge is 0.411 e. The standard InChI is InChI=1S/C13H15F3N2O5/c1-7(2)5-23-13(19)17-9-4-10(18(20)21)8(14)3-11(9)22-6-12(15)16/h3-4,7,12H,5-6H2,1-2H3,(H,17,19). The summed E-state index contributed by atoms with van der Waals surface area (Å²) in [5.41, 5.74) is -1.28. The quantitative estimate of drug-likeness (QED) is 0.607. The molecule has 0 bridgehead atoms. The number of hydrogen-bond acceptors (Lipinski definition) is 5. The average molecular weight is 336 g/mol. The van der Waals surface area contributed by atoms with Gasteiger partial charge in [0.15, 0.2) is 0 Å². The van der Waals surface area contributed by atoms with Crippen LogP contribution >= 0.6 is 0 Å². The monoisotopic (exact) mass is 336 g/mol. The number of benzene rings is 1. The maximum absolute atomic E-state index is 13.5. The molecule has 0 fully saturated rings. The van der Waals surface area contributed by atoms with Crippen LogP contribution in [-0.4, -0.2) is 30.7 Å². The largest absolute Gasteiger partial charge is 0.485 e. The highest BCUT2D eigenvalue weighted by Gasteiger charge is 2.21. The number of anilines is 1. The van der Waals surface area contributed by atoms with Gasteiger partial charge in [0.05, 0.1) is 17.2 Å². The molecule has 0 heterocycles. The van der Waals surface area contributed by atoms with Crippen LogP contribution in [-0.2, 0) is 4.74 Å². The van der Waals surface area contributed by atoms with Crippen molar-refractivity contribution < 1.29 is 32.4 Å². The Morgan fingerprint density at radius 2 is 2.00 bits per heavy atom. The van der Waals surface area contributed by atoms with E-state index in [2.05, 4.69) is 10.1 Å². The van der Waals surface area contributed by atoms with Gasteiger partial charge in [-0.25, -0.2) is 13.6 Å². The maximum atomic E-state index is 13.5. The van der Waals surface area contributed by atoms with E-state index in [-0.39, 0.29) is 18.2 Å². The molecule has 0 atom stereocenters. The van der Waals surface area contributed by atoms with Crippen molar-refractivity contribution >= 4 is 17.5 Å². The zero-order valence-corrected chi connectivity index (χ0v) is 12.3. The second kappa shape index (κ2) is 8.20. The van der Waals surface area contributed by atoms with Gasteiger partial charge in [-0.2, -0.15) is 4.39 Å². The van der Waals surface area contributed by atoms with E-state index in [1.165, 1.54) is 0 Å². The van der Waals surface area contributed by atoms with Crippen LogP contribution < -0.4 is 10.1 Å². The minimum absolute atomic E-state index is 0.0397. The van der Waals surface area contributed by atoms with Gasteiger partial charge in [0.25, 0.3) is 6.43 Å². The molecular weight excluding hydrogens is 321 g/mol. The summed E-state index contributed by atoms with van der Waals surface area (Å²) in [6.07, 6.45) is -3.81. The Hall–Kier alpha value is -2.52. The number of nitro groups is 1. The van der Waals surface area contributed by atoms with Gasteiger partial charge in [-0.1, -0.05) is 13.8 Å². The topological polar surface area (TPSA) is 90.7 Å². The summed E-state index contributed by atoms with van der Waals surface area (Å²) in [7, 11) is 0. The molecule has 7 nitrogen and oxygen atoms in total. The average Bonchev–Trinajstić information content (AvgIpc) is 2.44. The molecule has 0 aliphatic rings. The Morgan fingerprint density at radius 1 is 1.35 bits per heavy atom. The molecule has 0 saturated heterocycles. The summed E-state index contributed by atoms with van der Waals surface area (Å²) in [6.45, 7) is 2.58. The normalized spacial score (nSPS) is 10.7. The summed E-state index contributed by atoms with van der Waals surface area (Å²) < 4.78 is 47.4. The first kappa shape index (κ1) is 18.5. The highest BCUT2D eigenvalue weighted by Crippen LogP contribution is 2.32. The summed E-state index contributed by atoms with van der Waals surface area (Å²) in [5, 5.41) is 12.8. The molecule has 0 aliphatic carbocycles. The van der Waals surface area contributed by atoms with E-state index >= 15 is 0 Å². The zero-order chi connectivity index (χ0) is 17.6. The highest BCUT2D eigenvalue weighted by atomic mass is 19.3. The fourth-order valence-electron chi connectivity index (χ4n) is 1.44. The number of nitro benzene ring substituents is 1.